The first-order chi connectivity index (χ1) is 7.71. The van der Waals surface area contributed by atoms with E-state index in [1.807, 2.05) is 13.8 Å². The van der Waals surface area contributed by atoms with Crippen LogP contribution in [0.3, 0.4) is 0 Å². The molecule has 1 aliphatic carbocycles. The number of hydrogen-bond donors (Lipinski definition) is 1. The molecule has 3 nitrogen and oxygen atoms in total. The van der Waals surface area contributed by atoms with Crippen molar-refractivity contribution < 1.29 is 23.1 Å². The average molecular weight is 253 g/mol. The molecule has 1 fully saturated rings. The van der Waals surface area contributed by atoms with E-state index in [0.29, 0.717) is 6.54 Å². The molecule has 6 heteroatoms. The quantitative estimate of drug-likeness (QED) is 0.790. The average Bonchev–Trinajstić information content (AvgIpc) is 2.91. The Morgan fingerprint density at radius 2 is 1.94 bits per heavy atom. The molecule has 1 atom stereocenters. The van der Waals surface area contributed by atoms with Crippen LogP contribution in [0.4, 0.5) is 13.2 Å². The maximum atomic E-state index is 12.9. The van der Waals surface area contributed by atoms with Gasteiger partial charge >= 0.3 is 12.1 Å². The van der Waals surface area contributed by atoms with Crippen LogP contribution in [-0.4, -0.2) is 40.8 Å². The standard InChI is InChI=1S/C11H18F3NO2/c1-7(2)6-15(8-3-4-8)9(5-10(16)17)11(12,13)14/h7-9H,3-6H2,1-2H3,(H,16,17). The first-order valence-electron chi connectivity index (χ1n) is 5.76. The molecule has 0 amide bonds. The maximum Gasteiger partial charge on any atom is 0.404 e. The highest BCUT2D eigenvalue weighted by molar-refractivity contribution is 5.67. The summed E-state index contributed by atoms with van der Waals surface area (Å²) in [4.78, 5) is 11.9. The molecular formula is C11H18F3NO2. The van der Waals surface area contributed by atoms with Crippen LogP contribution in [0, 0.1) is 5.92 Å². The minimum absolute atomic E-state index is 0.0919. The molecule has 1 saturated carbocycles. The molecule has 17 heavy (non-hydrogen) atoms. The zero-order chi connectivity index (χ0) is 13.2. The van der Waals surface area contributed by atoms with Crippen molar-refractivity contribution in [3.8, 4) is 0 Å². The van der Waals surface area contributed by atoms with Crippen molar-refractivity contribution >= 4 is 5.97 Å². The van der Waals surface area contributed by atoms with Gasteiger partial charge < -0.3 is 5.11 Å². The van der Waals surface area contributed by atoms with Gasteiger partial charge in [0.15, 0.2) is 0 Å². The molecule has 0 aromatic heterocycles. The summed E-state index contributed by atoms with van der Waals surface area (Å²) >= 11 is 0. The first kappa shape index (κ1) is 14.3. The van der Waals surface area contributed by atoms with Gasteiger partial charge in [0.05, 0.1) is 6.42 Å². The summed E-state index contributed by atoms with van der Waals surface area (Å²) in [5, 5.41) is 8.61. The molecule has 0 aromatic carbocycles. The lowest BCUT2D eigenvalue weighted by Gasteiger charge is -2.33. The highest BCUT2D eigenvalue weighted by atomic mass is 19.4. The smallest absolute Gasteiger partial charge is 0.404 e. The van der Waals surface area contributed by atoms with Crippen LogP contribution in [-0.2, 0) is 4.79 Å². The SMILES string of the molecule is CC(C)CN(C1CC1)C(CC(=O)O)C(F)(F)F. The third kappa shape index (κ3) is 4.53. The van der Waals surface area contributed by atoms with Crippen LogP contribution in [0.15, 0.2) is 0 Å². The van der Waals surface area contributed by atoms with E-state index in [9.17, 15) is 18.0 Å². The van der Waals surface area contributed by atoms with Crippen molar-refractivity contribution in [2.24, 2.45) is 5.92 Å². The fourth-order valence-corrected chi connectivity index (χ4v) is 1.95. The summed E-state index contributed by atoms with van der Waals surface area (Å²) in [5.41, 5.74) is 0. The Kier molecular flexibility index (Phi) is 4.41. The first-order valence-corrected chi connectivity index (χ1v) is 5.76. The van der Waals surface area contributed by atoms with E-state index in [1.165, 1.54) is 4.90 Å². The lowest BCUT2D eigenvalue weighted by Crippen LogP contribution is -2.49. The lowest BCUT2D eigenvalue weighted by molar-refractivity contribution is -0.193. The fourth-order valence-electron chi connectivity index (χ4n) is 1.95. The molecule has 1 aliphatic rings. The van der Waals surface area contributed by atoms with Gasteiger partial charge in [0.25, 0.3) is 0 Å². The molecule has 0 aliphatic heterocycles. The van der Waals surface area contributed by atoms with Crippen LogP contribution < -0.4 is 0 Å². The maximum absolute atomic E-state index is 12.9. The van der Waals surface area contributed by atoms with Crippen LogP contribution >= 0.6 is 0 Å². The normalized spacial score (nSPS) is 18.8. The molecule has 0 spiro atoms. The van der Waals surface area contributed by atoms with Crippen LogP contribution in [0.2, 0.25) is 0 Å². The van der Waals surface area contributed by atoms with Crippen molar-refractivity contribution in [3.63, 3.8) is 0 Å². The second-order valence-corrected chi connectivity index (χ2v) is 4.98. The van der Waals surface area contributed by atoms with Gasteiger partial charge in [-0.2, -0.15) is 13.2 Å². The zero-order valence-corrected chi connectivity index (χ0v) is 10.00. The molecule has 1 N–H and O–H groups in total. The predicted octanol–water partition coefficient (Wildman–Crippen LogP) is 2.51. The van der Waals surface area contributed by atoms with Crippen molar-refractivity contribution in [2.75, 3.05) is 6.54 Å². The van der Waals surface area contributed by atoms with E-state index in [1.54, 1.807) is 0 Å². The summed E-state index contributed by atoms with van der Waals surface area (Å²) < 4.78 is 38.6. The zero-order valence-electron chi connectivity index (χ0n) is 10.00. The Balaban J connectivity index is 2.79. The number of carbonyl (C=O) groups is 1. The van der Waals surface area contributed by atoms with Gasteiger partial charge in [0, 0.05) is 12.6 Å². The number of nitrogens with zero attached hydrogens (tertiary/aromatic N) is 1. The second kappa shape index (κ2) is 5.25. The largest absolute Gasteiger partial charge is 0.481 e. The highest BCUT2D eigenvalue weighted by Crippen LogP contribution is 2.36. The molecular weight excluding hydrogens is 235 g/mol. The Morgan fingerprint density at radius 1 is 1.41 bits per heavy atom. The van der Waals surface area contributed by atoms with Gasteiger partial charge in [-0.05, 0) is 18.8 Å². The van der Waals surface area contributed by atoms with Crippen molar-refractivity contribution in [1.29, 1.82) is 0 Å². The van der Waals surface area contributed by atoms with Gasteiger partial charge in [0.1, 0.15) is 6.04 Å². The third-order valence-electron chi connectivity index (χ3n) is 2.74. The van der Waals surface area contributed by atoms with Gasteiger partial charge in [-0.3, -0.25) is 9.69 Å². The number of carboxylic acids is 1. The van der Waals surface area contributed by atoms with E-state index in [2.05, 4.69) is 0 Å². The van der Waals surface area contributed by atoms with E-state index in [-0.39, 0.29) is 12.0 Å². The number of halogens is 3. The summed E-state index contributed by atoms with van der Waals surface area (Å²) in [6.45, 7) is 3.97. The van der Waals surface area contributed by atoms with Gasteiger partial charge in [0.2, 0.25) is 0 Å². The summed E-state index contributed by atoms with van der Waals surface area (Å²) in [5.74, 6) is -1.31. The predicted molar refractivity (Wildman–Crippen MR) is 56.7 cm³/mol. The summed E-state index contributed by atoms with van der Waals surface area (Å²) in [6.07, 6.45) is -3.87. The third-order valence-corrected chi connectivity index (χ3v) is 2.74. The number of alkyl halides is 3. The highest BCUT2D eigenvalue weighted by Gasteiger charge is 2.48. The molecule has 0 saturated heterocycles. The van der Waals surface area contributed by atoms with E-state index >= 15 is 0 Å². The van der Waals surface area contributed by atoms with Gasteiger partial charge in [-0.25, -0.2) is 0 Å². The van der Waals surface area contributed by atoms with Crippen LogP contribution in [0.5, 0.6) is 0 Å². The number of rotatable bonds is 6. The Morgan fingerprint density at radius 3 is 2.24 bits per heavy atom. The Labute approximate surface area is 98.6 Å². The molecule has 1 unspecified atom stereocenters. The summed E-state index contributed by atoms with van der Waals surface area (Å²) in [6, 6.07) is -1.95. The van der Waals surface area contributed by atoms with Crippen LogP contribution in [0.25, 0.3) is 0 Å². The molecule has 100 valence electrons. The molecule has 0 bridgehead atoms. The molecule has 0 aromatic rings. The van der Waals surface area contributed by atoms with E-state index in [0.717, 1.165) is 12.8 Å². The second-order valence-electron chi connectivity index (χ2n) is 4.98. The molecule has 1 rings (SSSR count). The lowest BCUT2D eigenvalue weighted by atomic mass is 10.1. The van der Waals surface area contributed by atoms with Gasteiger partial charge in [-0.1, -0.05) is 13.8 Å². The number of aliphatic carboxylic acids is 1. The Bertz CT molecular complexity index is 274. The summed E-state index contributed by atoms with van der Waals surface area (Å²) in [7, 11) is 0. The van der Waals surface area contributed by atoms with E-state index < -0.39 is 24.6 Å². The monoisotopic (exact) mass is 253 g/mol. The molecule has 0 radical (unpaired) electrons. The number of carboxylic acid groups (broad SMARTS) is 1. The van der Waals surface area contributed by atoms with Crippen molar-refractivity contribution in [3.05, 3.63) is 0 Å². The Hall–Kier alpha value is -0.780. The minimum atomic E-state index is -4.48. The minimum Gasteiger partial charge on any atom is -0.481 e. The topological polar surface area (TPSA) is 40.5 Å². The van der Waals surface area contributed by atoms with E-state index in [4.69, 9.17) is 5.11 Å². The van der Waals surface area contributed by atoms with Crippen LogP contribution in [0.1, 0.15) is 33.1 Å². The van der Waals surface area contributed by atoms with Crippen molar-refractivity contribution in [1.82, 2.24) is 4.90 Å². The molecule has 0 heterocycles. The van der Waals surface area contributed by atoms with Gasteiger partial charge in [-0.15, -0.1) is 0 Å². The van der Waals surface area contributed by atoms with Crippen molar-refractivity contribution in [2.45, 2.75) is 51.4 Å². The fraction of sp³-hybridized carbons (Fsp3) is 0.909. The number of hydrogen-bond acceptors (Lipinski definition) is 2.